The fraction of sp³-hybridized carbons (Fsp3) is 0.727. The predicted octanol–water partition coefficient (Wildman–Crippen LogP) is 4.21. The molecule has 0 N–H and O–H groups in total. The molecule has 1 nitrogen and oxygen atoms in total. The molecule has 1 aliphatic carbocycles. The molecule has 1 saturated carbocycles. The lowest BCUT2D eigenvalue weighted by Gasteiger charge is -2.16. The van der Waals surface area contributed by atoms with E-state index in [1.54, 1.807) is 0 Å². The molecule has 0 atom stereocenters. The summed E-state index contributed by atoms with van der Waals surface area (Å²) in [7, 11) is 0. The zero-order valence-corrected chi connectivity index (χ0v) is 11.3. The topological polar surface area (TPSA) is 12.9 Å². The maximum Gasteiger partial charge on any atom is 0.0962 e. The monoisotopic (exact) mass is 273 g/mol. The smallest absolute Gasteiger partial charge is 0.0962 e. The van der Waals surface area contributed by atoms with Crippen LogP contribution >= 0.6 is 27.3 Å². The van der Waals surface area contributed by atoms with Crippen molar-refractivity contribution in [2.45, 2.75) is 50.3 Å². The molecule has 0 saturated heterocycles. The van der Waals surface area contributed by atoms with E-state index in [0.29, 0.717) is 0 Å². The highest BCUT2D eigenvalue weighted by atomic mass is 79.9. The molecule has 0 amide bonds. The largest absolute Gasteiger partial charge is 0.245 e. The molecule has 1 fully saturated rings. The molecule has 2 rings (SSSR count). The number of rotatable bonds is 2. The number of aromatic nitrogens is 1. The summed E-state index contributed by atoms with van der Waals surface area (Å²) in [5, 5.41) is 2.31. The zero-order valence-electron chi connectivity index (χ0n) is 8.93. The summed E-state index contributed by atoms with van der Waals surface area (Å²) in [6.45, 7) is 6.72. The van der Waals surface area contributed by atoms with Gasteiger partial charge in [0, 0.05) is 21.5 Å². The predicted molar refractivity (Wildman–Crippen MR) is 65.4 cm³/mol. The molecular weight excluding hydrogens is 258 g/mol. The zero-order chi connectivity index (χ0) is 10.3. The van der Waals surface area contributed by atoms with Crippen LogP contribution in [0.15, 0.2) is 0 Å². The lowest BCUT2D eigenvalue weighted by molar-refractivity contribution is 0.567. The second-order valence-corrected chi connectivity index (χ2v) is 6.66. The summed E-state index contributed by atoms with van der Waals surface area (Å²) in [6, 6.07) is 0. The van der Waals surface area contributed by atoms with Crippen LogP contribution in [0, 0.1) is 0 Å². The van der Waals surface area contributed by atoms with E-state index in [-0.39, 0.29) is 5.41 Å². The normalized spacial score (nSPS) is 17.4. The van der Waals surface area contributed by atoms with Gasteiger partial charge in [-0.3, -0.25) is 0 Å². The molecule has 0 radical (unpaired) electrons. The van der Waals surface area contributed by atoms with E-state index in [0.717, 1.165) is 11.2 Å². The number of thiazole rings is 1. The van der Waals surface area contributed by atoms with E-state index in [1.165, 1.54) is 28.4 Å². The third-order valence-corrected chi connectivity index (χ3v) is 4.62. The average Bonchev–Trinajstić information content (AvgIpc) is 2.83. The standard InChI is InChI=1S/C11H16BrNS/c1-11(2,3)9-8(6-12)14-10(13-9)7-4-5-7/h7H,4-6H2,1-3H3. The Kier molecular flexibility index (Phi) is 2.73. The minimum Gasteiger partial charge on any atom is -0.245 e. The van der Waals surface area contributed by atoms with Gasteiger partial charge in [-0.15, -0.1) is 11.3 Å². The average molecular weight is 274 g/mol. The van der Waals surface area contributed by atoms with Crippen molar-refractivity contribution in [3.05, 3.63) is 15.6 Å². The van der Waals surface area contributed by atoms with Crippen LogP contribution in [0.2, 0.25) is 0 Å². The highest BCUT2D eigenvalue weighted by Gasteiger charge is 2.30. The molecule has 1 heterocycles. The quantitative estimate of drug-likeness (QED) is 0.736. The van der Waals surface area contributed by atoms with Crippen LogP contribution in [-0.4, -0.2) is 4.98 Å². The van der Waals surface area contributed by atoms with Gasteiger partial charge >= 0.3 is 0 Å². The van der Waals surface area contributed by atoms with E-state index in [2.05, 4.69) is 36.7 Å². The summed E-state index contributed by atoms with van der Waals surface area (Å²) < 4.78 is 0. The molecule has 0 spiro atoms. The SMILES string of the molecule is CC(C)(C)c1nc(C2CC2)sc1CBr. The molecule has 0 bridgehead atoms. The first kappa shape index (κ1) is 10.6. The molecule has 1 aliphatic rings. The Hall–Kier alpha value is 0.110. The number of halogens is 1. The fourth-order valence-corrected chi connectivity index (χ4v) is 3.46. The number of nitrogens with zero attached hydrogens (tertiary/aromatic N) is 1. The van der Waals surface area contributed by atoms with Gasteiger partial charge in [0.15, 0.2) is 0 Å². The fourth-order valence-electron chi connectivity index (χ4n) is 1.55. The lowest BCUT2D eigenvalue weighted by Crippen LogP contribution is -2.13. The van der Waals surface area contributed by atoms with Crippen molar-refractivity contribution >= 4 is 27.3 Å². The molecule has 3 heteroatoms. The maximum atomic E-state index is 4.80. The number of hydrogen-bond acceptors (Lipinski definition) is 2. The van der Waals surface area contributed by atoms with Crippen LogP contribution in [-0.2, 0) is 10.7 Å². The molecule has 78 valence electrons. The Balaban J connectivity index is 2.37. The second-order valence-electron chi connectivity index (χ2n) is 4.98. The van der Waals surface area contributed by atoms with E-state index in [1.807, 2.05) is 11.3 Å². The minimum absolute atomic E-state index is 0.187. The summed E-state index contributed by atoms with van der Waals surface area (Å²) >= 11 is 5.45. The Morgan fingerprint density at radius 3 is 2.43 bits per heavy atom. The molecule has 1 aromatic rings. The summed E-state index contributed by atoms with van der Waals surface area (Å²) in [4.78, 5) is 6.22. The molecular formula is C11H16BrNS. The van der Waals surface area contributed by atoms with Crippen molar-refractivity contribution in [1.82, 2.24) is 4.98 Å². The van der Waals surface area contributed by atoms with Gasteiger partial charge in [-0.2, -0.15) is 0 Å². The molecule has 1 aromatic heterocycles. The highest BCUT2D eigenvalue weighted by Crippen LogP contribution is 2.44. The van der Waals surface area contributed by atoms with Crippen molar-refractivity contribution in [3.63, 3.8) is 0 Å². The Morgan fingerprint density at radius 1 is 1.43 bits per heavy atom. The van der Waals surface area contributed by atoms with Crippen LogP contribution in [0.5, 0.6) is 0 Å². The Bertz CT molecular complexity index is 334. The van der Waals surface area contributed by atoms with Crippen molar-refractivity contribution in [2.24, 2.45) is 0 Å². The van der Waals surface area contributed by atoms with Crippen molar-refractivity contribution < 1.29 is 0 Å². The van der Waals surface area contributed by atoms with Crippen molar-refractivity contribution in [3.8, 4) is 0 Å². The molecule has 0 aliphatic heterocycles. The van der Waals surface area contributed by atoms with Crippen LogP contribution in [0.25, 0.3) is 0 Å². The van der Waals surface area contributed by atoms with E-state index in [4.69, 9.17) is 4.98 Å². The lowest BCUT2D eigenvalue weighted by atomic mass is 9.91. The van der Waals surface area contributed by atoms with Gasteiger partial charge < -0.3 is 0 Å². The molecule has 0 unspecified atom stereocenters. The van der Waals surface area contributed by atoms with Crippen LogP contribution in [0.3, 0.4) is 0 Å². The Morgan fingerprint density at radius 2 is 2.07 bits per heavy atom. The second kappa shape index (κ2) is 3.60. The Labute approximate surface area is 98.1 Å². The first-order valence-corrected chi connectivity index (χ1v) is 7.02. The van der Waals surface area contributed by atoms with E-state index in [9.17, 15) is 0 Å². The third-order valence-electron chi connectivity index (χ3n) is 2.47. The van der Waals surface area contributed by atoms with Gasteiger partial charge in [0.1, 0.15) is 0 Å². The van der Waals surface area contributed by atoms with Crippen LogP contribution < -0.4 is 0 Å². The highest BCUT2D eigenvalue weighted by molar-refractivity contribution is 9.08. The van der Waals surface area contributed by atoms with Gasteiger partial charge in [0.2, 0.25) is 0 Å². The van der Waals surface area contributed by atoms with Gasteiger partial charge in [-0.05, 0) is 12.8 Å². The van der Waals surface area contributed by atoms with Crippen LogP contribution in [0.1, 0.15) is 55.1 Å². The first-order chi connectivity index (χ1) is 6.52. The van der Waals surface area contributed by atoms with E-state index < -0.39 is 0 Å². The van der Waals surface area contributed by atoms with Gasteiger partial charge in [0.05, 0.1) is 10.7 Å². The molecule has 14 heavy (non-hydrogen) atoms. The van der Waals surface area contributed by atoms with Crippen molar-refractivity contribution in [1.29, 1.82) is 0 Å². The minimum atomic E-state index is 0.187. The number of alkyl halides is 1. The van der Waals surface area contributed by atoms with Crippen LogP contribution in [0.4, 0.5) is 0 Å². The van der Waals surface area contributed by atoms with Gasteiger partial charge in [0.25, 0.3) is 0 Å². The van der Waals surface area contributed by atoms with Gasteiger partial charge in [-0.1, -0.05) is 36.7 Å². The maximum absolute atomic E-state index is 4.80. The van der Waals surface area contributed by atoms with E-state index >= 15 is 0 Å². The third kappa shape index (κ3) is 2.03. The summed E-state index contributed by atoms with van der Waals surface area (Å²) in [5.41, 5.74) is 1.48. The number of hydrogen-bond donors (Lipinski definition) is 0. The molecule has 0 aromatic carbocycles. The van der Waals surface area contributed by atoms with Gasteiger partial charge in [-0.25, -0.2) is 4.98 Å². The summed E-state index contributed by atoms with van der Waals surface area (Å²) in [6.07, 6.45) is 2.69. The van der Waals surface area contributed by atoms with Crippen molar-refractivity contribution in [2.75, 3.05) is 0 Å². The first-order valence-electron chi connectivity index (χ1n) is 5.08. The summed E-state index contributed by atoms with van der Waals surface area (Å²) in [5.74, 6) is 0.786.